The predicted octanol–water partition coefficient (Wildman–Crippen LogP) is 6.62. The Kier molecular flexibility index (Phi) is 13.6. The molecule has 0 amide bonds. The lowest BCUT2D eigenvalue weighted by atomic mass is 9.91. The standard InChI is InChI=1S/C16H27NO.C7H14.C2H6O/c1-13-11-15(13)7-6-10-17(14(2)12-18)16-8-4-3-5-9-16;1-7-5-3-2-4-6-7;1-3-2/h12-13,15-16H,2-11H2,1H3;7H,2-6H2,1H3;1-2H3. The van der Waals surface area contributed by atoms with Crippen LogP contribution in [0.15, 0.2) is 12.3 Å². The van der Waals surface area contributed by atoms with E-state index in [2.05, 4.69) is 30.1 Å². The fourth-order valence-electron chi connectivity index (χ4n) is 4.65. The van der Waals surface area contributed by atoms with Crippen LogP contribution >= 0.6 is 0 Å². The molecule has 0 aliphatic heterocycles. The number of allylic oxidation sites excluding steroid dienone is 1. The predicted molar refractivity (Wildman–Crippen MR) is 120 cm³/mol. The van der Waals surface area contributed by atoms with Crippen molar-refractivity contribution in [1.29, 1.82) is 0 Å². The van der Waals surface area contributed by atoms with Crippen molar-refractivity contribution in [3.63, 3.8) is 0 Å². The van der Waals surface area contributed by atoms with Crippen LogP contribution in [0.1, 0.15) is 97.3 Å². The van der Waals surface area contributed by atoms with Crippen molar-refractivity contribution in [3.05, 3.63) is 12.3 Å². The maximum absolute atomic E-state index is 11.0. The first-order valence-electron chi connectivity index (χ1n) is 11.8. The van der Waals surface area contributed by atoms with E-state index in [4.69, 9.17) is 0 Å². The summed E-state index contributed by atoms with van der Waals surface area (Å²) < 4.78 is 4.25. The maximum atomic E-state index is 11.0. The highest BCUT2D eigenvalue weighted by molar-refractivity contribution is 5.71. The Labute approximate surface area is 175 Å². The number of hydrogen-bond acceptors (Lipinski definition) is 3. The van der Waals surface area contributed by atoms with E-state index in [0.29, 0.717) is 11.7 Å². The van der Waals surface area contributed by atoms with Crippen LogP contribution in [0.25, 0.3) is 0 Å². The Bertz CT molecular complexity index is 411. The molecule has 0 aromatic heterocycles. The van der Waals surface area contributed by atoms with E-state index in [1.165, 1.54) is 83.5 Å². The van der Waals surface area contributed by atoms with Crippen molar-refractivity contribution < 1.29 is 9.53 Å². The minimum atomic E-state index is 0.577. The molecule has 28 heavy (non-hydrogen) atoms. The Morgan fingerprint density at radius 1 is 1.00 bits per heavy atom. The number of rotatable bonds is 7. The summed E-state index contributed by atoms with van der Waals surface area (Å²) in [6.45, 7) is 9.67. The number of ether oxygens (including phenoxy) is 1. The van der Waals surface area contributed by atoms with Crippen molar-refractivity contribution in [3.8, 4) is 0 Å². The van der Waals surface area contributed by atoms with Gasteiger partial charge in [-0.15, -0.1) is 0 Å². The first-order valence-corrected chi connectivity index (χ1v) is 11.8. The summed E-state index contributed by atoms with van der Waals surface area (Å²) in [5.74, 6) is 2.94. The normalized spacial score (nSPS) is 24.9. The molecule has 0 aromatic rings. The number of methoxy groups -OCH3 is 1. The molecular formula is C25H47NO2. The molecule has 2 atom stereocenters. The SMILES string of the molecule is C=C(C=O)N(CCCC1CC1C)C1CCCCC1.CC1CCCCC1.COC. The minimum Gasteiger partial charge on any atom is -0.388 e. The van der Waals surface area contributed by atoms with Gasteiger partial charge in [0.1, 0.15) is 0 Å². The van der Waals surface area contributed by atoms with Gasteiger partial charge < -0.3 is 9.64 Å². The molecular weight excluding hydrogens is 346 g/mol. The summed E-state index contributed by atoms with van der Waals surface area (Å²) in [7, 11) is 3.25. The van der Waals surface area contributed by atoms with Gasteiger partial charge in [-0.2, -0.15) is 0 Å². The quantitative estimate of drug-likeness (QED) is 0.359. The average Bonchev–Trinajstić information content (AvgIpc) is 3.42. The van der Waals surface area contributed by atoms with E-state index in [1.54, 1.807) is 14.2 Å². The Balaban J connectivity index is 0.000000324. The number of nitrogens with zero attached hydrogens (tertiary/aromatic N) is 1. The second kappa shape index (κ2) is 15.1. The summed E-state index contributed by atoms with van der Waals surface area (Å²) in [6, 6.07) is 0.577. The molecule has 3 heteroatoms. The van der Waals surface area contributed by atoms with Gasteiger partial charge in [-0.3, -0.25) is 4.79 Å². The molecule has 0 spiro atoms. The first kappa shape index (κ1) is 25.2. The van der Waals surface area contributed by atoms with Gasteiger partial charge in [0.15, 0.2) is 6.29 Å². The van der Waals surface area contributed by atoms with Crippen LogP contribution in [0, 0.1) is 17.8 Å². The lowest BCUT2D eigenvalue weighted by Crippen LogP contribution is -2.37. The van der Waals surface area contributed by atoms with E-state index >= 15 is 0 Å². The topological polar surface area (TPSA) is 29.5 Å². The van der Waals surface area contributed by atoms with Crippen molar-refractivity contribution in [2.24, 2.45) is 17.8 Å². The highest BCUT2D eigenvalue weighted by Gasteiger charge is 2.32. The molecule has 0 N–H and O–H groups in total. The van der Waals surface area contributed by atoms with Gasteiger partial charge in [-0.1, -0.05) is 71.8 Å². The summed E-state index contributed by atoms with van der Waals surface area (Å²) >= 11 is 0. The zero-order valence-electron chi connectivity index (χ0n) is 19.3. The molecule has 0 saturated heterocycles. The molecule has 0 radical (unpaired) electrons. The molecule has 0 heterocycles. The molecule has 3 aliphatic carbocycles. The van der Waals surface area contributed by atoms with Crippen LogP contribution in [-0.2, 0) is 9.53 Å². The summed E-state index contributed by atoms with van der Waals surface area (Å²) in [5.41, 5.74) is 0.700. The zero-order chi connectivity index (χ0) is 20.8. The van der Waals surface area contributed by atoms with Gasteiger partial charge in [0.2, 0.25) is 0 Å². The molecule has 3 nitrogen and oxygen atoms in total. The molecule has 0 bridgehead atoms. The monoisotopic (exact) mass is 393 g/mol. The number of hydrogen-bond donors (Lipinski definition) is 0. The third kappa shape index (κ3) is 10.6. The maximum Gasteiger partial charge on any atom is 0.165 e. The van der Waals surface area contributed by atoms with Crippen LogP contribution in [0.5, 0.6) is 0 Å². The second-order valence-electron chi connectivity index (χ2n) is 9.36. The van der Waals surface area contributed by atoms with Crippen LogP contribution in [0.3, 0.4) is 0 Å². The number of carbonyl (C=O) groups excluding carboxylic acids is 1. The lowest BCUT2D eigenvalue weighted by Gasteiger charge is -2.35. The van der Waals surface area contributed by atoms with Crippen LogP contribution in [0.2, 0.25) is 0 Å². The van der Waals surface area contributed by atoms with Gasteiger partial charge in [-0.05, 0) is 49.9 Å². The Morgan fingerprint density at radius 2 is 1.50 bits per heavy atom. The minimum absolute atomic E-state index is 0.577. The molecule has 164 valence electrons. The van der Waals surface area contributed by atoms with E-state index in [0.717, 1.165) is 30.6 Å². The highest BCUT2D eigenvalue weighted by Crippen LogP contribution is 2.41. The summed E-state index contributed by atoms with van der Waals surface area (Å²) in [5, 5.41) is 0. The zero-order valence-corrected chi connectivity index (χ0v) is 19.3. The average molecular weight is 394 g/mol. The molecule has 3 fully saturated rings. The number of carbonyl (C=O) groups is 1. The molecule has 2 unspecified atom stereocenters. The summed E-state index contributed by atoms with van der Waals surface area (Å²) in [6.07, 6.45) is 18.8. The van der Waals surface area contributed by atoms with Gasteiger partial charge >= 0.3 is 0 Å². The smallest absolute Gasteiger partial charge is 0.165 e. The fourth-order valence-corrected chi connectivity index (χ4v) is 4.65. The third-order valence-electron chi connectivity index (χ3n) is 6.66. The van der Waals surface area contributed by atoms with Gasteiger partial charge in [-0.25, -0.2) is 0 Å². The third-order valence-corrected chi connectivity index (χ3v) is 6.66. The van der Waals surface area contributed by atoms with Crippen molar-refractivity contribution >= 4 is 6.29 Å². The van der Waals surface area contributed by atoms with Crippen LogP contribution in [0.4, 0.5) is 0 Å². The molecule has 0 aromatic carbocycles. The highest BCUT2D eigenvalue weighted by atomic mass is 16.4. The molecule has 3 saturated carbocycles. The largest absolute Gasteiger partial charge is 0.388 e. The van der Waals surface area contributed by atoms with Crippen LogP contribution in [-0.4, -0.2) is 38.0 Å². The van der Waals surface area contributed by atoms with Crippen LogP contribution < -0.4 is 0 Å². The second-order valence-corrected chi connectivity index (χ2v) is 9.36. The van der Waals surface area contributed by atoms with Crippen molar-refractivity contribution in [1.82, 2.24) is 4.90 Å². The van der Waals surface area contributed by atoms with E-state index in [-0.39, 0.29) is 0 Å². The molecule has 3 aliphatic rings. The van der Waals surface area contributed by atoms with E-state index in [1.807, 2.05) is 0 Å². The molecule has 3 rings (SSSR count). The van der Waals surface area contributed by atoms with Gasteiger partial charge in [0, 0.05) is 26.8 Å². The fraction of sp³-hybridized carbons (Fsp3) is 0.880. The van der Waals surface area contributed by atoms with E-state index < -0.39 is 0 Å². The lowest BCUT2D eigenvalue weighted by molar-refractivity contribution is -0.106. The summed E-state index contributed by atoms with van der Waals surface area (Å²) in [4.78, 5) is 13.3. The Morgan fingerprint density at radius 3 is 1.89 bits per heavy atom. The Hall–Kier alpha value is -0.830. The van der Waals surface area contributed by atoms with E-state index in [9.17, 15) is 4.79 Å². The number of aldehydes is 1. The van der Waals surface area contributed by atoms with Crippen molar-refractivity contribution in [2.45, 2.75) is 103 Å². The van der Waals surface area contributed by atoms with Gasteiger partial charge in [0.25, 0.3) is 0 Å². The van der Waals surface area contributed by atoms with Gasteiger partial charge in [0.05, 0.1) is 5.70 Å². The first-order chi connectivity index (χ1) is 13.5. The van der Waals surface area contributed by atoms with Crippen molar-refractivity contribution in [2.75, 3.05) is 20.8 Å².